The first-order chi connectivity index (χ1) is 8.25. The Labute approximate surface area is 104 Å². The van der Waals surface area contributed by atoms with E-state index in [4.69, 9.17) is 5.73 Å². The molecule has 0 spiro atoms. The molecule has 0 unspecified atom stereocenters. The minimum absolute atomic E-state index is 0.375. The maximum absolute atomic E-state index is 5.78. The first kappa shape index (κ1) is 10.8. The molecule has 2 aromatic rings. The molecule has 5 heteroatoms. The summed E-state index contributed by atoms with van der Waals surface area (Å²) in [6.07, 6.45) is 5.16. The van der Waals surface area contributed by atoms with Gasteiger partial charge in [0.1, 0.15) is 10.6 Å². The van der Waals surface area contributed by atoms with Gasteiger partial charge in [0.05, 0.1) is 5.39 Å². The molecule has 4 nitrogen and oxygen atoms in total. The van der Waals surface area contributed by atoms with E-state index >= 15 is 0 Å². The predicted octanol–water partition coefficient (Wildman–Crippen LogP) is 2.65. The van der Waals surface area contributed by atoms with Crippen molar-refractivity contribution in [3.63, 3.8) is 0 Å². The summed E-state index contributed by atoms with van der Waals surface area (Å²) in [5.74, 6) is 1.36. The topological polar surface area (TPSA) is 55.0 Å². The van der Waals surface area contributed by atoms with E-state index in [1.807, 2.05) is 5.38 Å². The van der Waals surface area contributed by atoms with E-state index in [0.29, 0.717) is 12.0 Å². The quantitative estimate of drug-likeness (QED) is 0.887. The lowest BCUT2D eigenvalue weighted by Gasteiger charge is -2.25. The zero-order chi connectivity index (χ0) is 11.8. The van der Waals surface area contributed by atoms with Crippen molar-refractivity contribution < 1.29 is 0 Å². The number of aromatic nitrogens is 2. The minimum Gasteiger partial charge on any atom is -0.368 e. The Morgan fingerprint density at radius 2 is 2.12 bits per heavy atom. The van der Waals surface area contributed by atoms with Gasteiger partial charge in [-0.2, -0.15) is 4.98 Å². The molecule has 1 fully saturated rings. The smallest absolute Gasteiger partial charge is 0.223 e. The summed E-state index contributed by atoms with van der Waals surface area (Å²) in [6, 6.07) is 2.69. The minimum atomic E-state index is 0.375. The zero-order valence-electron chi connectivity index (χ0n) is 9.89. The molecule has 90 valence electrons. The van der Waals surface area contributed by atoms with Crippen LogP contribution in [-0.4, -0.2) is 23.1 Å². The SMILES string of the molecule is CN(c1nc(N)nc2sccc12)C1CCCC1. The molecule has 17 heavy (non-hydrogen) atoms. The molecular weight excluding hydrogens is 232 g/mol. The fourth-order valence-corrected chi connectivity index (χ4v) is 3.35. The van der Waals surface area contributed by atoms with Crippen molar-refractivity contribution in [2.24, 2.45) is 0 Å². The highest BCUT2D eigenvalue weighted by Gasteiger charge is 2.22. The average Bonchev–Trinajstić information content (AvgIpc) is 2.97. The second-order valence-corrected chi connectivity index (χ2v) is 5.49. The van der Waals surface area contributed by atoms with E-state index in [-0.39, 0.29) is 0 Å². The summed E-state index contributed by atoms with van der Waals surface area (Å²) in [5, 5.41) is 3.17. The molecule has 1 aliphatic rings. The first-order valence-corrected chi connectivity index (χ1v) is 6.87. The lowest BCUT2D eigenvalue weighted by Crippen LogP contribution is -2.30. The van der Waals surface area contributed by atoms with E-state index in [0.717, 1.165) is 16.0 Å². The Hall–Kier alpha value is -1.36. The molecule has 0 amide bonds. The maximum Gasteiger partial charge on any atom is 0.223 e. The van der Waals surface area contributed by atoms with Crippen LogP contribution >= 0.6 is 11.3 Å². The third kappa shape index (κ3) is 1.84. The molecule has 3 rings (SSSR count). The molecule has 2 aromatic heterocycles. The van der Waals surface area contributed by atoms with E-state index in [9.17, 15) is 0 Å². The summed E-state index contributed by atoms with van der Waals surface area (Å²) in [6.45, 7) is 0. The van der Waals surface area contributed by atoms with Gasteiger partial charge in [-0.1, -0.05) is 12.8 Å². The Kier molecular flexibility index (Phi) is 2.63. The van der Waals surface area contributed by atoms with Crippen LogP contribution in [-0.2, 0) is 0 Å². The van der Waals surface area contributed by atoms with Crippen molar-refractivity contribution in [2.75, 3.05) is 17.7 Å². The molecule has 0 saturated heterocycles. The van der Waals surface area contributed by atoms with Crippen molar-refractivity contribution in [1.82, 2.24) is 9.97 Å². The number of anilines is 2. The van der Waals surface area contributed by atoms with Gasteiger partial charge in [0.2, 0.25) is 5.95 Å². The van der Waals surface area contributed by atoms with E-state index in [1.165, 1.54) is 25.7 Å². The lowest BCUT2D eigenvalue weighted by atomic mass is 10.2. The van der Waals surface area contributed by atoms with Crippen molar-refractivity contribution in [1.29, 1.82) is 0 Å². The largest absolute Gasteiger partial charge is 0.368 e. The number of thiophene rings is 1. The molecule has 2 N–H and O–H groups in total. The molecule has 1 saturated carbocycles. The van der Waals surface area contributed by atoms with Gasteiger partial charge in [-0.15, -0.1) is 11.3 Å². The number of hydrogen-bond donors (Lipinski definition) is 1. The fraction of sp³-hybridized carbons (Fsp3) is 0.500. The summed E-state index contributed by atoms with van der Waals surface area (Å²) in [7, 11) is 2.12. The average molecular weight is 248 g/mol. The van der Waals surface area contributed by atoms with Crippen LogP contribution in [0.15, 0.2) is 11.4 Å². The highest BCUT2D eigenvalue weighted by molar-refractivity contribution is 7.16. The van der Waals surface area contributed by atoms with E-state index in [1.54, 1.807) is 11.3 Å². The van der Waals surface area contributed by atoms with Crippen LogP contribution in [0.5, 0.6) is 0 Å². The number of hydrogen-bond acceptors (Lipinski definition) is 5. The van der Waals surface area contributed by atoms with Crippen molar-refractivity contribution in [3.8, 4) is 0 Å². The fourth-order valence-electron chi connectivity index (χ4n) is 2.59. The number of rotatable bonds is 2. The molecule has 0 bridgehead atoms. The standard InChI is InChI=1S/C12H16N4S/c1-16(8-4-2-3-5-8)10-9-6-7-17-11(9)15-12(13)14-10/h6-8H,2-5H2,1H3,(H2,13,14,15). The van der Waals surface area contributed by atoms with Crippen LogP contribution in [0.1, 0.15) is 25.7 Å². The monoisotopic (exact) mass is 248 g/mol. The summed E-state index contributed by atoms with van der Waals surface area (Å²) in [5.41, 5.74) is 5.78. The number of nitrogens with two attached hydrogens (primary N) is 1. The van der Waals surface area contributed by atoms with Crippen LogP contribution in [0.4, 0.5) is 11.8 Å². The second-order valence-electron chi connectivity index (χ2n) is 4.59. The van der Waals surface area contributed by atoms with Crippen molar-refractivity contribution in [3.05, 3.63) is 11.4 Å². The van der Waals surface area contributed by atoms with Crippen LogP contribution in [0.3, 0.4) is 0 Å². The summed E-state index contributed by atoms with van der Waals surface area (Å²) < 4.78 is 0. The molecule has 0 aromatic carbocycles. The van der Waals surface area contributed by atoms with Gasteiger partial charge in [0.25, 0.3) is 0 Å². The number of nitrogen functional groups attached to an aromatic ring is 1. The number of fused-ring (bicyclic) bond motifs is 1. The third-order valence-electron chi connectivity index (χ3n) is 3.53. The Bertz CT molecular complexity index is 530. The van der Waals surface area contributed by atoms with Crippen LogP contribution in [0.2, 0.25) is 0 Å². The summed E-state index contributed by atoms with van der Waals surface area (Å²) in [4.78, 5) is 11.9. The van der Waals surface area contributed by atoms with Gasteiger partial charge in [0, 0.05) is 13.1 Å². The molecule has 0 atom stereocenters. The van der Waals surface area contributed by atoms with Gasteiger partial charge >= 0.3 is 0 Å². The van der Waals surface area contributed by atoms with Crippen molar-refractivity contribution in [2.45, 2.75) is 31.7 Å². The molecule has 0 aliphatic heterocycles. The van der Waals surface area contributed by atoms with Gasteiger partial charge in [-0.25, -0.2) is 4.98 Å². The Morgan fingerprint density at radius 1 is 1.35 bits per heavy atom. The van der Waals surface area contributed by atoms with Crippen LogP contribution < -0.4 is 10.6 Å². The normalized spacial score (nSPS) is 16.8. The van der Waals surface area contributed by atoms with Gasteiger partial charge in [-0.3, -0.25) is 0 Å². The zero-order valence-corrected chi connectivity index (χ0v) is 10.7. The predicted molar refractivity (Wildman–Crippen MR) is 72.5 cm³/mol. The highest BCUT2D eigenvalue weighted by Crippen LogP contribution is 2.32. The number of nitrogens with zero attached hydrogens (tertiary/aromatic N) is 3. The Morgan fingerprint density at radius 3 is 2.88 bits per heavy atom. The van der Waals surface area contributed by atoms with Crippen LogP contribution in [0, 0.1) is 0 Å². The molecule has 1 aliphatic carbocycles. The summed E-state index contributed by atoms with van der Waals surface area (Å²) >= 11 is 1.62. The van der Waals surface area contributed by atoms with Gasteiger partial charge < -0.3 is 10.6 Å². The highest BCUT2D eigenvalue weighted by atomic mass is 32.1. The molecule has 0 radical (unpaired) electrons. The Balaban J connectivity index is 2.05. The van der Waals surface area contributed by atoms with Gasteiger partial charge in [0.15, 0.2) is 0 Å². The van der Waals surface area contributed by atoms with Gasteiger partial charge in [-0.05, 0) is 24.3 Å². The third-order valence-corrected chi connectivity index (χ3v) is 4.34. The maximum atomic E-state index is 5.78. The van der Waals surface area contributed by atoms with E-state index < -0.39 is 0 Å². The molecule has 2 heterocycles. The van der Waals surface area contributed by atoms with Crippen molar-refractivity contribution >= 4 is 33.3 Å². The molecular formula is C12H16N4S. The van der Waals surface area contributed by atoms with E-state index in [2.05, 4.69) is 28.0 Å². The first-order valence-electron chi connectivity index (χ1n) is 5.99. The second kappa shape index (κ2) is 4.14. The lowest BCUT2D eigenvalue weighted by molar-refractivity contribution is 0.648. The van der Waals surface area contributed by atoms with Crippen LogP contribution in [0.25, 0.3) is 10.2 Å².